The van der Waals surface area contributed by atoms with Crippen molar-refractivity contribution in [2.24, 2.45) is 0 Å². The van der Waals surface area contributed by atoms with Crippen molar-refractivity contribution in [3.05, 3.63) is 107 Å². The predicted molar refractivity (Wildman–Crippen MR) is 192 cm³/mol. The molecule has 11 nitrogen and oxygen atoms in total. The van der Waals surface area contributed by atoms with E-state index in [0.29, 0.717) is 52.4 Å². The Kier molecular flexibility index (Phi) is 16.6. The van der Waals surface area contributed by atoms with E-state index in [4.69, 9.17) is 37.9 Å². The average molecular weight is 707 g/mol. The van der Waals surface area contributed by atoms with E-state index in [0.717, 1.165) is 48.1 Å². The molecule has 2 fully saturated rings. The highest BCUT2D eigenvalue weighted by atomic mass is 16.7. The van der Waals surface area contributed by atoms with Crippen LogP contribution >= 0.6 is 0 Å². The van der Waals surface area contributed by atoms with Gasteiger partial charge in [0.05, 0.1) is 45.1 Å². The molecular weight excluding hydrogens is 652 g/mol. The zero-order chi connectivity index (χ0) is 35.5. The lowest BCUT2D eigenvalue weighted by molar-refractivity contribution is -0.187. The number of carbonyl (C=O) groups excluding carboxylic acids is 1. The highest BCUT2D eigenvalue weighted by Crippen LogP contribution is 2.28. The fraction of sp³-hybridized carbons (Fsp3) is 0.525. The van der Waals surface area contributed by atoms with Crippen LogP contribution in [0.1, 0.15) is 41.5 Å². The number of ether oxygens (including phenoxy) is 8. The molecule has 5 atom stereocenters. The van der Waals surface area contributed by atoms with Crippen LogP contribution in [0.25, 0.3) is 0 Å². The van der Waals surface area contributed by atoms with Gasteiger partial charge in [-0.1, -0.05) is 84.9 Å². The number of rotatable bonds is 21. The van der Waals surface area contributed by atoms with Gasteiger partial charge in [0.15, 0.2) is 6.29 Å². The Bertz CT molecular complexity index is 1380. The zero-order valence-corrected chi connectivity index (χ0v) is 30.0. The third-order valence-corrected chi connectivity index (χ3v) is 9.16. The van der Waals surface area contributed by atoms with Crippen molar-refractivity contribution in [2.45, 2.75) is 75.8 Å². The van der Waals surface area contributed by atoms with Crippen molar-refractivity contribution in [3.8, 4) is 0 Å². The minimum atomic E-state index is -0.588. The number of benzene rings is 3. The van der Waals surface area contributed by atoms with Gasteiger partial charge in [-0.05, 0) is 54.4 Å². The van der Waals surface area contributed by atoms with Crippen LogP contribution in [0, 0.1) is 0 Å². The molecule has 2 heterocycles. The van der Waals surface area contributed by atoms with Gasteiger partial charge in [0.1, 0.15) is 25.8 Å². The highest BCUT2D eigenvalue weighted by molar-refractivity contribution is 5.76. The van der Waals surface area contributed by atoms with E-state index >= 15 is 0 Å². The van der Waals surface area contributed by atoms with Crippen molar-refractivity contribution < 1.29 is 42.7 Å². The Morgan fingerprint density at radius 1 is 0.686 bits per heavy atom. The summed E-state index contributed by atoms with van der Waals surface area (Å²) in [5.41, 5.74) is 4.17. The quantitative estimate of drug-likeness (QED) is 0.114. The van der Waals surface area contributed by atoms with Crippen molar-refractivity contribution in [1.29, 1.82) is 0 Å². The minimum Gasteiger partial charge on any atom is -0.382 e. The van der Waals surface area contributed by atoms with E-state index < -0.39 is 24.3 Å². The first-order valence-corrected chi connectivity index (χ1v) is 18.0. The van der Waals surface area contributed by atoms with Crippen LogP contribution in [0.3, 0.4) is 0 Å². The summed E-state index contributed by atoms with van der Waals surface area (Å²) in [7, 11) is 3.26. The van der Waals surface area contributed by atoms with Gasteiger partial charge in [-0.2, -0.15) is 0 Å². The van der Waals surface area contributed by atoms with Crippen molar-refractivity contribution in [2.75, 3.05) is 60.8 Å². The zero-order valence-electron chi connectivity index (χ0n) is 30.0. The van der Waals surface area contributed by atoms with Gasteiger partial charge in [-0.25, -0.2) is 4.79 Å². The molecule has 2 saturated heterocycles. The van der Waals surface area contributed by atoms with Gasteiger partial charge in [-0.15, -0.1) is 0 Å². The van der Waals surface area contributed by atoms with Gasteiger partial charge in [0, 0.05) is 27.4 Å². The molecule has 2 aliphatic heterocycles. The number of hydrogen-bond acceptors (Lipinski definition) is 9. The first kappa shape index (κ1) is 38.8. The van der Waals surface area contributed by atoms with Gasteiger partial charge in [0.2, 0.25) is 0 Å². The van der Waals surface area contributed by atoms with Crippen LogP contribution in [0.4, 0.5) is 4.79 Å². The number of nitrogens with one attached hydrogen (secondary N) is 1. The van der Waals surface area contributed by atoms with E-state index in [-0.39, 0.29) is 25.9 Å². The number of carbonyl (C=O) groups is 1. The minimum absolute atomic E-state index is 0.00318. The fourth-order valence-corrected chi connectivity index (χ4v) is 6.45. The molecular formula is C40H54N2O9. The van der Waals surface area contributed by atoms with E-state index in [2.05, 4.69) is 53.8 Å². The van der Waals surface area contributed by atoms with Gasteiger partial charge in [0.25, 0.3) is 0 Å². The van der Waals surface area contributed by atoms with Gasteiger partial charge >= 0.3 is 6.03 Å². The summed E-state index contributed by atoms with van der Waals surface area (Å²) >= 11 is 0. The molecule has 5 rings (SSSR count). The van der Waals surface area contributed by atoms with E-state index in [1.54, 1.807) is 14.2 Å². The van der Waals surface area contributed by atoms with E-state index in [1.165, 1.54) is 0 Å². The Balaban J connectivity index is 1.44. The molecule has 0 aromatic heterocycles. The Morgan fingerprint density at radius 2 is 1.29 bits per heavy atom. The van der Waals surface area contributed by atoms with Crippen LogP contribution < -0.4 is 5.32 Å². The van der Waals surface area contributed by atoms with E-state index in [1.807, 2.05) is 41.3 Å². The molecule has 0 aliphatic carbocycles. The molecule has 11 heteroatoms. The standard InChI is InChI=1S/C40H54N2O9/c1-44-21-23-46-29-50-38-35(25-31-11-5-3-6-12-31)41-40(43)42(27-33-16-18-34(19-17-33)28-49-37-15-9-10-20-48-37)36(26-32-13-7-4-8-14-32)39(38)51-30-47-24-22-45-2/h3-8,11-14,16-19,35-39H,9-10,15,20-30H2,1-2H3,(H,41,43)/t35-,36?,37?,38?,39?/m1/s1. The number of hydrogen-bond donors (Lipinski definition) is 1. The molecule has 0 spiro atoms. The second kappa shape index (κ2) is 21.9. The summed E-state index contributed by atoms with van der Waals surface area (Å²) in [4.78, 5) is 16.3. The molecule has 0 radical (unpaired) electrons. The van der Waals surface area contributed by atoms with Crippen LogP contribution in [0.2, 0.25) is 0 Å². The lowest BCUT2D eigenvalue weighted by Crippen LogP contribution is -2.53. The molecule has 0 bridgehead atoms. The highest BCUT2D eigenvalue weighted by Gasteiger charge is 2.45. The van der Waals surface area contributed by atoms with Crippen LogP contribution in [-0.2, 0) is 63.9 Å². The monoisotopic (exact) mass is 706 g/mol. The Labute approximate surface area is 302 Å². The number of methoxy groups -OCH3 is 2. The summed E-state index contributed by atoms with van der Waals surface area (Å²) in [6.07, 6.45) is 2.86. The lowest BCUT2D eigenvalue weighted by atomic mass is 9.91. The molecule has 1 N–H and O–H groups in total. The molecule has 0 saturated carbocycles. The number of urea groups is 1. The molecule has 3 aromatic rings. The molecule has 278 valence electrons. The molecule has 2 aliphatic rings. The summed E-state index contributed by atoms with van der Waals surface area (Å²) in [5.74, 6) is 0. The van der Waals surface area contributed by atoms with Crippen molar-refractivity contribution in [1.82, 2.24) is 10.2 Å². The van der Waals surface area contributed by atoms with Crippen LogP contribution in [0.15, 0.2) is 84.9 Å². The number of amides is 2. The maximum absolute atomic E-state index is 14.5. The summed E-state index contributed by atoms with van der Waals surface area (Å²) in [6, 6.07) is 27.4. The molecule has 2 amide bonds. The maximum atomic E-state index is 14.5. The molecule has 3 aromatic carbocycles. The largest absolute Gasteiger partial charge is 0.382 e. The number of nitrogens with zero attached hydrogens (tertiary/aromatic N) is 1. The lowest BCUT2D eigenvalue weighted by Gasteiger charge is -2.37. The third kappa shape index (κ3) is 12.7. The van der Waals surface area contributed by atoms with Crippen molar-refractivity contribution >= 4 is 6.03 Å². The van der Waals surface area contributed by atoms with Crippen LogP contribution in [0.5, 0.6) is 0 Å². The second-order valence-corrected chi connectivity index (χ2v) is 12.9. The summed E-state index contributed by atoms with van der Waals surface area (Å²) in [6.45, 7) is 3.20. The molecule has 4 unspecified atom stereocenters. The normalized spacial score (nSPS) is 22.4. The van der Waals surface area contributed by atoms with Gasteiger partial charge < -0.3 is 48.1 Å². The predicted octanol–water partition coefficient (Wildman–Crippen LogP) is 5.49. The van der Waals surface area contributed by atoms with Crippen LogP contribution in [-0.4, -0.2) is 102 Å². The SMILES string of the molecule is COCCOCOC1C(OCOCCOC)[C@@H](Cc2ccccc2)NC(=O)N(Cc2ccc(COC3CCCCO3)cc2)C1Cc1ccccc1. The second-order valence-electron chi connectivity index (χ2n) is 12.9. The first-order chi connectivity index (χ1) is 25.1. The topological polar surface area (TPSA) is 106 Å². The van der Waals surface area contributed by atoms with E-state index in [9.17, 15) is 4.79 Å². The van der Waals surface area contributed by atoms with Crippen molar-refractivity contribution in [3.63, 3.8) is 0 Å². The average Bonchev–Trinajstić information content (AvgIpc) is 3.26. The smallest absolute Gasteiger partial charge is 0.318 e. The molecule has 51 heavy (non-hydrogen) atoms. The first-order valence-electron chi connectivity index (χ1n) is 18.0. The summed E-state index contributed by atoms with van der Waals surface area (Å²) in [5, 5.41) is 3.33. The Morgan fingerprint density at radius 3 is 1.90 bits per heavy atom. The fourth-order valence-electron chi connectivity index (χ4n) is 6.45. The summed E-state index contributed by atoms with van der Waals surface area (Å²) < 4.78 is 46.9. The third-order valence-electron chi connectivity index (χ3n) is 9.16. The Hall–Kier alpha value is -3.39. The maximum Gasteiger partial charge on any atom is 0.318 e. The van der Waals surface area contributed by atoms with Gasteiger partial charge in [-0.3, -0.25) is 0 Å².